The van der Waals surface area contributed by atoms with E-state index in [0.717, 1.165) is 30.7 Å². The fourth-order valence-corrected chi connectivity index (χ4v) is 2.11. The Morgan fingerprint density at radius 1 is 1.50 bits per heavy atom. The minimum atomic E-state index is -0.373. The molecule has 5 nitrogen and oxygen atoms in total. The zero-order valence-electron chi connectivity index (χ0n) is 10.5. The molecular formula is C13H18N2O3. The molecule has 18 heavy (non-hydrogen) atoms. The highest BCUT2D eigenvalue weighted by atomic mass is 16.6. The van der Waals surface area contributed by atoms with E-state index >= 15 is 0 Å². The normalized spacial score (nSPS) is 19.5. The number of nitrogens with zero attached hydrogens (tertiary/aromatic N) is 1. The summed E-state index contributed by atoms with van der Waals surface area (Å²) in [5.41, 5.74) is 1.95. The molecule has 98 valence electrons. The summed E-state index contributed by atoms with van der Waals surface area (Å²) < 4.78 is 5.62. The van der Waals surface area contributed by atoms with Crippen molar-refractivity contribution in [3.8, 4) is 0 Å². The average Bonchev–Trinajstić information content (AvgIpc) is 2.38. The van der Waals surface area contributed by atoms with Gasteiger partial charge in [-0.25, -0.2) is 0 Å². The highest BCUT2D eigenvalue weighted by Gasteiger charge is 2.14. The van der Waals surface area contributed by atoms with E-state index in [1.165, 1.54) is 12.5 Å². The Kier molecular flexibility index (Phi) is 4.15. The van der Waals surface area contributed by atoms with Crippen LogP contribution in [0, 0.1) is 17.0 Å². The minimum Gasteiger partial charge on any atom is -0.382 e. The van der Waals surface area contributed by atoms with Crippen LogP contribution in [0.5, 0.6) is 0 Å². The predicted octanol–water partition coefficient (Wildman–Crippen LogP) is 2.88. The van der Waals surface area contributed by atoms with Gasteiger partial charge in [-0.2, -0.15) is 0 Å². The first-order valence-corrected chi connectivity index (χ1v) is 6.27. The molecule has 1 N–H and O–H groups in total. The third kappa shape index (κ3) is 3.20. The van der Waals surface area contributed by atoms with Crippen LogP contribution in [0.2, 0.25) is 0 Å². The van der Waals surface area contributed by atoms with Gasteiger partial charge in [-0.15, -0.1) is 0 Å². The molecule has 0 bridgehead atoms. The molecule has 1 fully saturated rings. The summed E-state index contributed by atoms with van der Waals surface area (Å²) in [7, 11) is 0. The summed E-state index contributed by atoms with van der Waals surface area (Å²) in [6.07, 6.45) is 3.60. The van der Waals surface area contributed by atoms with Gasteiger partial charge in [0.05, 0.1) is 11.0 Å². The van der Waals surface area contributed by atoms with Gasteiger partial charge >= 0.3 is 0 Å². The Balaban J connectivity index is 1.99. The van der Waals surface area contributed by atoms with Crippen molar-refractivity contribution < 1.29 is 9.66 Å². The molecule has 0 radical (unpaired) electrons. The van der Waals surface area contributed by atoms with Gasteiger partial charge in [0.1, 0.15) is 0 Å². The van der Waals surface area contributed by atoms with Gasteiger partial charge < -0.3 is 10.1 Å². The lowest BCUT2D eigenvalue weighted by Gasteiger charge is -2.23. The van der Waals surface area contributed by atoms with Crippen LogP contribution in [0.3, 0.4) is 0 Å². The molecule has 1 atom stereocenters. The third-order valence-electron chi connectivity index (χ3n) is 3.23. The Morgan fingerprint density at radius 2 is 2.33 bits per heavy atom. The van der Waals surface area contributed by atoms with Crippen molar-refractivity contribution >= 4 is 11.4 Å². The predicted molar refractivity (Wildman–Crippen MR) is 69.9 cm³/mol. The fraction of sp³-hybridized carbons (Fsp3) is 0.538. The Bertz CT molecular complexity index is 428. The molecule has 0 amide bonds. The largest absolute Gasteiger partial charge is 0.382 e. The van der Waals surface area contributed by atoms with Crippen LogP contribution < -0.4 is 5.32 Å². The first-order valence-electron chi connectivity index (χ1n) is 6.27. The monoisotopic (exact) mass is 250 g/mol. The highest BCUT2D eigenvalue weighted by molar-refractivity contribution is 5.56. The number of rotatable bonds is 4. The molecule has 1 heterocycles. The molecule has 1 aromatic rings. The number of ether oxygens (including phenoxy) is 1. The van der Waals surface area contributed by atoms with Crippen molar-refractivity contribution in [3.05, 3.63) is 33.9 Å². The van der Waals surface area contributed by atoms with E-state index in [4.69, 9.17) is 4.74 Å². The number of aryl methyl sites for hydroxylation is 1. The van der Waals surface area contributed by atoms with Crippen LogP contribution in [0.4, 0.5) is 11.4 Å². The maximum Gasteiger partial charge on any atom is 0.271 e. The Morgan fingerprint density at radius 3 is 3.00 bits per heavy atom. The third-order valence-corrected chi connectivity index (χ3v) is 3.23. The van der Waals surface area contributed by atoms with Gasteiger partial charge in [-0.1, -0.05) is 6.07 Å². The molecule has 1 aliphatic rings. The lowest BCUT2D eigenvalue weighted by Crippen LogP contribution is -2.27. The summed E-state index contributed by atoms with van der Waals surface area (Å²) in [6, 6.07) is 4.87. The van der Waals surface area contributed by atoms with Crippen LogP contribution >= 0.6 is 0 Å². The second kappa shape index (κ2) is 5.82. The van der Waals surface area contributed by atoms with Gasteiger partial charge in [0.15, 0.2) is 0 Å². The number of hydrogen-bond donors (Lipinski definition) is 1. The first-order chi connectivity index (χ1) is 8.66. The molecule has 0 saturated carbocycles. The van der Waals surface area contributed by atoms with Crippen molar-refractivity contribution in [2.45, 2.75) is 32.3 Å². The van der Waals surface area contributed by atoms with E-state index in [1.807, 2.05) is 6.92 Å². The molecule has 2 rings (SSSR count). The molecule has 1 aromatic carbocycles. The van der Waals surface area contributed by atoms with E-state index in [9.17, 15) is 10.1 Å². The van der Waals surface area contributed by atoms with Crippen molar-refractivity contribution in [1.29, 1.82) is 0 Å². The number of nitro benzene ring substituents is 1. The van der Waals surface area contributed by atoms with Crippen LogP contribution in [0.1, 0.15) is 24.8 Å². The molecule has 0 spiro atoms. The summed E-state index contributed by atoms with van der Waals surface area (Å²) >= 11 is 0. The number of non-ortho nitro benzene ring substituents is 1. The van der Waals surface area contributed by atoms with Crippen molar-refractivity contribution in [2.24, 2.45) is 0 Å². The molecule has 1 aliphatic heterocycles. The maximum atomic E-state index is 10.7. The summed E-state index contributed by atoms with van der Waals surface area (Å²) in [4.78, 5) is 10.4. The molecular weight excluding hydrogens is 232 g/mol. The topological polar surface area (TPSA) is 64.4 Å². The maximum absolute atomic E-state index is 10.7. The van der Waals surface area contributed by atoms with Gasteiger partial charge in [0.25, 0.3) is 5.69 Å². The van der Waals surface area contributed by atoms with Crippen molar-refractivity contribution in [1.82, 2.24) is 0 Å². The number of nitro groups is 1. The number of benzene rings is 1. The second-order valence-corrected chi connectivity index (χ2v) is 4.63. The summed E-state index contributed by atoms with van der Waals surface area (Å²) in [6.45, 7) is 3.47. The van der Waals surface area contributed by atoms with E-state index in [2.05, 4.69) is 5.32 Å². The lowest BCUT2D eigenvalue weighted by molar-refractivity contribution is -0.384. The van der Waals surface area contributed by atoms with E-state index < -0.39 is 0 Å². The highest BCUT2D eigenvalue weighted by Crippen LogP contribution is 2.22. The van der Waals surface area contributed by atoms with Crippen LogP contribution in [-0.2, 0) is 4.74 Å². The lowest BCUT2D eigenvalue weighted by atomic mass is 10.1. The van der Waals surface area contributed by atoms with Gasteiger partial charge in [0.2, 0.25) is 0 Å². The molecule has 1 unspecified atom stereocenters. The standard InChI is InChI=1S/C13H18N2O3/c1-10-5-6-11(15(16)17)8-13(10)14-9-12-4-2-3-7-18-12/h5-6,8,12,14H,2-4,7,9H2,1H3. The zero-order valence-corrected chi connectivity index (χ0v) is 10.5. The van der Waals surface area contributed by atoms with Gasteiger partial charge in [-0.3, -0.25) is 10.1 Å². The van der Waals surface area contributed by atoms with Gasteiger partial charge in [-0.05, 0) is 31.7 Å². The number of anilines is 1. The van der Waals surface area contributed by atoms with Crippen LogP contribution in [0.15, 0.2) is 18.2 Å². The fourth-order valence-electron chi connectivity index (χ4n) is 2.11. The Hall–Kier alpha value is -1.62. The first kappa shape index (κ1) is 12.8. The number of nitrogens with one attached hydrogen (secondary N) is 1. The zero-order chi connectivity index (χ0) is 13.0. The second-order valence-electron chi connectivity index (χ2n) is 4.63. The van der Waals surface area contributed by atoms with Gasteiger partial charge in [0, 0.05) is 31.0 Å². The summed E-state index contributed by atoms with van der Waals surface area (Å²) in [5, 5.41) is 14.0. The van der Waals surface area contributed by atoms with Crippen LogP contribution in [0.25, 0.3) is 0 Å². The molecule has 1 saturated heterocycles. The van der Waals surface area contributed by atoms with E-state index in [1.54, 1.807) is 12.1 Å². The van der Waals surface area contributed by atoms with E-state index in [0.29, 0.717) is 6.54 Å². The van der Waals surface area contributed by atoms with Crippen molar-refractivity contribution in [2.75, 3.05) is 18.5 Å². The SMILES string of the molecule is Cc1ccc([N+](=O)[O-])cc1NCC1CCCCO1. The summed E-state index contributed by atoms with van der Waals surface area (Å²) in [5.74, 6) is 0. The number of hydrogen-bond acceptors (Lipinski definition) is 4. The average molecular weight is 250 g/mol. The van der Waals surface area contributed by atoms with Crippen molar-refractivity contribution in [3.63, 3.8) is 0 Å². The smallest absolute Gasteiger partial charge is 0.271 e. The molecule has 0 aromatic heterocycles. The molecule has 5 heteroatoms. The Labute approximate surface area is 106 Å². The van der Waals surface area contributed by atoms with E-state index in [-0.39, 0.29) is 16.7 Å². The van der Waals surface area contributed by atoms with Crippen LogP contribution in [-0.4, -0.2) is 24.2 Å². The molecule has 0 aliphatic carbocycles. The minimum absolute atomic E-state index is 0.118. The quantitative estimate of drug-likeness (QED) is 0.659.